The summed E-state index contributed by atoms with van der Waals surface area (Å²) >= 11 is 0. The van der Waals surface area contributed by atoms with E-state index in [0.29, 0.717) is 37.3 Å². The molecule has 0 unspecified atom stereocenters. The molecule has 8 nitrogen and oxygen atoms in total. The van der Waals surface area contributed by atoms with E-state index in [1.165, 1.54) is 47.5 Å². The monoisotopic (exact) mass is 603 g/mol. The van der Waals surface area contributed by atoms with Crippen LogP contribution in [-0.2, 0) is 14.3 Å². The number of nitrogens with zero attached hydrogens (tertiary/aromatic N) is 2. The molecule has 0 radical (unpaired) electrons. The van der Waals surface area contributed by atoms with Crippen LogP contribution in [0.15, 0.2) is 103 Å². The van der Waals surface area contributed by atoms with E-state index in [-0.39, 0.29) is 59.4 Å². The number of hydrogen-bond acceptors (Lipinski definition) is 6. The predicted octanol–water partition coefficient (Wildman–Crippen LogP) is 0.749. The van der Waals surface area contributed by atoms with Crippen molar-refractivity contribution in [2.24, 2.45) is 0 Å². The molecule has 4 aromatic rings. The summed E-state index contributed by atoms with van der Waals surface area (Å²) in [5.41, 5.74) is 3.32. The van der Waals surface area contributed by atoms with Gasteiger partial charge in [-0.3, -0.25) is 14.5 Å². The van der Waals surface area contributed by atoms with Crippen LogP contribution >= 0.6 is 0 Å². The van der Waals surface area contributed by atoms with E-state index in [1.54, 1.807) is 11.0 Å². The molecule has 0 saturated carbocycles. The fourth-order valence-electron chi connectivity index (χ4n) is 5.27. The molecule has 10 heteroatoms. The molecule has 0 aromatic heterocycles. The molecule has 0 bridgehead atoms. The molecule has 5 rings (SSSR count). The zero-order valence-corrected chi connectivity index (χ0v) is 26.4. The predicted molar refractivity (Wildman–Crippen MR) is 158 cm³/mol. The van der Waals surface area contributed by atoms with Crippen molar-refractivity contribution in [1.29, 1.82) is 0 Å². The number of carbonyl (C=O) groups excluding carboxylic acids is 3. The second-order valence-corrected chi connectivity index (χ2v) is 10.2. The molecule has 0 spiro atoms. The van der Waals surface area contributed by atoms with Gasteiger partial charge in [-0.1, -0.05) is 78.9 Å². The minimum absolute atomic E-state index is 0. The Morgan fingerprint density at radius 2 is 1.34 bits per heavy atom. The van der Waals surface area contributed by atoms with Crippen molar-refractivity contribution < 1.29 is 58.2 Å². The van der Waals surface area contributed by atoms with Crippen LogP contribution in [0.2, 0.25) is 0 Å². The van der Waals surface area contributed by atoms with E-state index in [9.17, 15) is 23.9 Å². The molecule has 1 aliphatic heterocycles. The van der Waals surface area contributed by atoms with Crippen molar-refractivity contribution in [3.05, 3.63) is 126 Å². The van der Waals surface area contributed by atoms with Crippen molar-refractivity contribution in [2.45, 2.75) is 6.04 Å². The quantitative estimate of drug-likeness (QED) is 0.269. The molecule has 4 aromatic carbocycles. The summed E-state index contributed by atoms with van der Waals surface area (Å²) in [6.45, 7) is 1.72. The number of hydrogen-bond donors (Lipinski definition) is 1. The first kappa shape index (κ1) is 33.0. The van der Waals surface area contributed by atoms with E-state index in [1.807, 2.05) is 36.4 Å². The van der Waals surface area contributed by atoms with E-state index in [0.717, 1.165) is 0 Å². The number of nitrogens with one attached hydrogen (secondary N) is 1. The molecule has 0 aliphatic carbocycles. The van der Waals surface area contributed by atoms with E-state index in [4.69, 9.17) is 4.74 Å². The largest absolute Gasteiger partial charge is 1.00 e. The molecule has 2 amide bonds. The zero-order valence-electron chi connectivity index (χ0n) is 24.4. The number of amides is 2. The minimum atomic E-state index is -1.48. The standard InChI is InChI=1S/C34H32FN3O5.Na/c35-28-14-11-24(12-15-28)27-13-16-30(29(21-27)34(41)42)36-31(39)22-43-23-32(40)37-17-19-38(20-18-37)33(25-7-3-1-4-8-25)26-9-5-2-6-10-26;/h1-16,21,33H,17-20,22-23H2,(H,36,39)(H,41,42);/q;+1/p-1. The molecular weight excluding hydrogens is 572 g/mol. The third-order valence-electron chi connectivity index (χ3n) is 7.41. The number of carboxylic acids is 1. The van der Waals surface area contributed by atoms with Gasteiger partial charge in [0.15, 0.2) is 0 Å². The van der Waals surface area contributed by atoms with Crippen molar-refractivity contribution in [2.75, 3.05) is 44.7 Å². The number of aromatic carboxylic acids is 1. The number of anilines is 1. The van der Waals surface area contributed by atoms with Crippen LogP contribution in [0.5, 0.6) is 0 Å². The number of ether oxygens (including phenoxy) is 1. The van der Waals surface area contributed by atoms with E-state index >= 15 is 0 Å². The van der Waals surface area contributed by atoms with Gasteiger partial charge >= 0.3 is 29.6 Å². The molecule has 1 aliphatic rings. The number of rotatable bonds is 10. The van der Waals surface area contributed by atoms with Crippen LogP contribution in [0.1, 0.15) is 27.5 Å². The first-order valence-corrected chi connectivity index (χ1v) is 14.0. The Morgan fingerprint density at radius 3 is 1.91 bits per heavy atom. The van der Waals surface area contributed by atoms with Gasteiger partial charge in [0.2, 0.25) is 11.8 Å². The Hall–Kier alpha value is -3.86. The number of carboxylic acid groups (broad SMARTS) is 1. The topological polar surface area (TPSA) is 102 Å². The summed E-state index contributed by atoms with van der Waals surface area (Å²) in [4.78, 5) is 41.2. The van der Waals surface area contributed by atoms with E-state index < -0.39 is 24.3 Å². The zero-order chi connectivity index (χ0) is 30.2. The average molecular weight is 604 g/mol. The molecule has 1 saturated heterocycles. The van der Waals surface area contributed by atoms with Gasteiger partial charge < -0.3 is 24.9 Å². The van der Waals surface area contributed by atoms with Crippen LogP contribution in [0.3, 0.4) is 0 Å². The van der Waals surface area contributed by atoms with Crippen LogP contribution in [0.4, 0.5) is 10.1 Å². The maximum Gasteiger partial charge on any atom is 1.00 e. The van der Waals surface area contributed by atoms with Gasteiger partial charge in [0, 0.05) is 37.4 Å². The molecule has 1 heterocycles. The average Bonchev–Trinajstić information content (AvgIpc) is 3.03. The molecule has 220 valence electrons. The normalized spacial score (nSPS) is 13.3. The Bertz CT molecular complexity index is 1520. The van der Waals surface area contributed by atoms with Gasteiger partial charge in [-0.05, 0) is 46.5 Å². The van der Waals surface area contributed by atoms with E-state index in [2.05, 4.69) is 34.5 Å². The molecule has 44 heavy (non-hydrogen) atoms. The fourth-order valence-corrected chi connectivity index (χ4v) is 5.27. The summed E-state index contributed by atoms with van der Waals surface area (Å²) in [6.07, 6.45) is 0. The van der Waals surface area contributed by atoms with Crippen molar-refractivity contribution >= 4 is 23.5 Å². The van der Waals surface area contributed by atoms with Crippen LogP contribution in [0.25, 0.3) is 11.1 Å². The maximum absolute atomic E-state index is 13.2. The third kappa shape index (κ3) is 8.40. The minimum Gasteiger partial charge on any atom is -0.545 e. The second-order valence-electron chi connectivity index (χ2n) is 10.2. The van der Waals surface area contributed by atoms with Crippen LogP contribution in [-0.4, -0.2) is 67.0 Å². The summed E-state index contributed by atoms with van der Waals surface area (Å²) in [5.74, 6) is -2.71. The molecule has 0 atom stereocenters. The number of carbonyl (C=O) groups is 3. The Labute approximate surface area is 277 Å². The molecular formula is C34H31FN3NaO5. The van der Waals surface area contributed by atoms with Gasteiger partial charge in [-0.2, -0.15) is 0 Å². The first-order valence-electron chi connectivity index (χ1n) is 14.0. The summed E-state index contributed by atoms with van der Waals surface area (Å²) in [7, 11) is 0. The Balaban J connectivity index is 0.00000442. The van der Waals surface area contributed by atoms with Gasteiger partial charge in [-0.25, -0.2) is 4.39 Å². The fraction of sp³-hybridized carbons (Fsp3) is 0.206. The summed E-state index contributed by atoms with van der Waals surface area (Å²) in [6, 6.07) is 30.6. The number of piperazine rings is 1. The SMILES string of the molecule is O=C(COCC(=O)N1CCN(C(c2ccccc2)c2ccccc2)CC1)Nc1ccc(-c2ccc(F)cc2)cc1C(=O)[O-].[Na+]. The van der Waals surface area contributed by atoms with Gasteiger partial charge in [0.05, 0.1) is 12.0 Å². The third-order valence-corrected chi connectivity index (χ3v) is 7.41. The first-order chi connectivity index (χ1) is 20.9. The number of benzene rings is 4. The Kier molecular flexibility index (Phi) is 11.8. The number of halogens is 1. The summed E-state index contributed by atoms with van der Waals surface area (Å²) < 4.78 is 18.6. The van der Waals surface area contributed by atoms with Crippen LogP contribution in [0, 0.1) is 5.82 Å². The van der Waals surface area contributed by atoms with Crippen molar-refractivity contribution in [3.8, 4) is 11.1 Å². The van der Waals surface area contributed by atoms with Crippen LogP contribution < -0.4 is 40.0 Å². The van der Waals surface area contributed by atoms with Crippen molar-refractivity contribution in [3.63, 3.8) is 0 Å². The van der Waals surface area contributed by atoms with Gasteiger partial charge in [0.1, 0.15) is 19.0 Å². The smallest absolute Gasteiger partial charge is 0.545 e. The summed E-state index contributed by atoms with van der Waals surface area (Å²) in [5, 5.41) is 14.2. The Morgan fingerprint density at radius 1 is 0.773 bits per heavy atom. The maximum atomic E-state index is 13.2. The molecule has 1 fully saturated rings. The van der Waals surface area contributed by atoms with Crippen molar-refractivity contribution in [1.82, 2.24) is 9.80 Å². The van der Waals surface area contributed by atoms with Gasteiger partial charge in [-0.15, -0.1) is 0 Å². The molecule has 1 N–H and O–H groups in total. The second kappa shape index (κ2) is 15.7. The van der Waals surface area contributed by atoms with Gasteiger partial charge in [0.25, 0.3) is 0 Å².